The number of carboxylic acids is 1. The molecule has 0 aliphatic rings. The first-order valence-corrected chi connectivity index (χ1v) is 7.52. The summed E-state index contributed by atoms with van der Waals surface area (Å²) in [6.07, 6.45) is 0.265. The van der Waals surface area contributed by atoms with E-state index < -0.39 is 40.6 Å². The van der Waals surface area contributed by atoms with Crippen LogP contribution in [0, 0.1) is 0 Å². The molecule has 4 N–H and O–H groups in total. The summed E-state index contributed by atoms with van der Waals surface area (Å²) < 4.78 is 25.0. The minimum absolute atomic E-state index is 0.108. The van der Waals surface area contributed by atoms with Crippen molar-refractivity contribution in [2.75, 3.05) is 12.4 Å². The second kappa shape index (κ2) is 8.08. The lowest BCUT2D eigenvalue weighted by atomic mass is 10.2. The first-order valence-electron chi connectivity index (χ1n) is 5.87. The van der Waals surface area contributed by atoms with Gasteiger partial charge in [-0.15, -0.1) is 0 Å². The van der Waals surface area contributed by atoms with E-state index in [4.69, 9.17) is 10.2 Å². The van der Waals surface area contributed by atoms with E-state index in [0.29, 0.717) is 6.42 Å². The van der Waals surface area contributed by atoms with Crippen LogP contribution in [0.25, 0.3) is 0 Å². The highest BCUT2D eigenvalue weighted by molar-refractivity contribution is 7.89. The molecule has 0 aromatic heterocycles. The lowest BCUT2D eigenvalue weighted by molar-refractivity contribution is -0.142. The summed E-state index contributed by atoms with van der Waals surface area (Å²) in [5.74, 6) is -2.14. The summed E-state index contributed by atoms with van der Waals surface area (Å²) in [7, 11) is -3.55. The topological polar surface area (TPSA) is 133 Å². The highest BCUT2D eigenvalue weighted by Crippen LogP contribution is 1.96. The number of aliphatic hydroxyl groups excluding tert-OH is 1. The summed E-state index contributed by atoms with van der Waals surface area (Å²) in [6.45, 7) is 2.61. The molecule has 0 radical (unpaired) electrons. The van der Waals surface area contributed by atoms with Gasteiger partial charge in [0, 0.05) is 13.0 Å². The average molecular weight is 296 g/mol. The van der Waals surface area contributed by atoms with E-state index in [2.05, 4.69) is 10.0 Å². The van der Waals surface area contributed by atoms with Crippen LogP contribution in [0.2, 0.25) is 0 Å². The zero-order valence-corrected chi connectivity index (χ0v) is 11.7. The highest BCUT2D eigenvalue weighted by atomic mass is 32.2. The molecule has 112 valence electrons. The maximum atomic E-state index is 11.6. The molecule has 0 bridgehead atoms. The number of hydrogen-bond donors (Lipinski definition) is 4. The van der Waals surface area contributed by atoms with Crippen molar-refractivity contribution in [3.05, 3.63) is 0 Å². The number of carboxylic acid groups (broad SMARTS) is 1. The fraction of sp³-hybridized carbons (Fsp3) is 0.800. The average Bonchev–Trinajstić information content (AvgIpc) is 2.27. The summed E-state index contributed by atoms with van der Waals surface area (Å²) in [5, 5.41) is 19.6. The third kappa shape index (κ3) is 7.09. The van der Waals surface area contributed by atoms with Crippen LogP contribution in [-0.2, 0) is 19.6 Å². The quantitative estimate of drug-likeness (QED) is 0.416. The molecule has 0 aromatic rings. The first kappa shape index (κ1) is 17.8. The molecular weight excluding hydrogens is 276 g/mol. The van der Waals surface area contributed by atoms with Crippen molar-refractivity contribution in [1.29, 1.82) is 0 Å². The number of aliphatic hydroxyl groups is 1. The minimum Gasteiger partial charge on any atom is -0.480 e. The van der Waals surface area contributed by atoms with Gasteiger partial charge in [0.2, 0.25) is 15.9 Å². The Morgan fingerprint density at radius 3 is 2.32 bits per heavy atom. The fourth-order valence-corrected chi connectivity index (χ4v) is 2.63. The predicted molar refractivity (Wildman–Crippen MR) is 67.9 cm³/mol. The smallest absolute Gasteiger partial charge is 0.326 e. The van der Waals surface area contributed by atoms with Crippen LogP contribution in [0.4, 0.5) is 0 Å². The molecule has 8 nitrogen and oxygen atoms in total. The van der Waals surface area contributed by atoms with Gasteiger partial charge in [0.25, 0.3) is 0 Å². The van der Waals surface area contributed by atoms with Crippen LogP contribution in [0.1, 0.15) is 26.7 Å². The van der Waals surface area contributed by atoms with Gasteiger partial charge >= 0.3 is 5.97 Å². The fourth-order valence-electron chi connectivity index (χ4n) is 1.33. The largest absolute Gasteiger partial charge is 0.480 e. The van der Waals surface area contributed by atoms with Gasteiger partial charge in [-0.25, -0.2) is 17.9 Å². The van der Waals surface area contributed by atoms with Crippen molar-refractivity contribution in [3.8, 4) is 0 Å². The zero-order valence-electron chi connectivity index (χ0n) is 10.9. The predicted octanol–water partition coefficient (Wildman–Crippen LogP) is -1.34. The minimum atomic E-state index is -3.55. The molecule has 0 saturated heterocycles. The molecule has 19 heavy (non-hydrogen) atoms. The maximum absolute atomic E-state index is 11.6. The molecule has 0 aliphatic carbocycles. The molecule has 2 unspecified atom stereocenters. The third-order valence-electron chi connectivity index (χ3n) is 2.25. The number of amides is 1. The van der Waals surface area contributed by atoms with Gasteiger partial charge in [-0.05, 0) is 13.3 Å². The Morgan fingerprint density at radius 2 is 1.89 bits per heavy atom. The molecule has 0 aliphatic heterocycles. The molecule has 0 rings (SSSR count). The van der Waals surface area contributed by atoms with Crippen molar-refractivity contribution >= 4 is 21.9 Å². The number of aliphatic carboxylic acids is 1. The SMILES string of the molecule is CCCS(=O)(=O)NC(C)C(=O)NC(CCO)C(=O)O. The van der Waals surface area contributed by atoms with Crippen LogP contribution in [0.15, 0.2) is 0 Å². The summed E-state index contributed by atoms with van der Waals surface area (Å²) in [4.78, 5) is 22.4. The van der Waals surface area contributed by atoms with E-state index in [1.807, 2.05) is 0 Å². The number of carbonyl (C=O) groups excluding carboxylic acids is 1. The van der Waals surface area contributed by atoms with E-state index in [-0.39, 0.29) is 12.2 Å². The number of carbonyl (C=O) groups is 2. The second-order valence-corrected chi connectivity index (χ2v) is 5.94. The number of rotatable bonds is 9. The molecule has 0 heterocycles. The van der Waals surface area contributed by atoms with Crippen molar-refractivity contribution in [3.63, 3.8) is 0 Å². The van der Waals surface area contributed by atoms with Crippen LogP contribution in [0.5, 0.6) is 0 Å². The van der Waals surface area contributed by atoms with Crippen LogP contribution >= 0.6 is 0 Å². The Kier molecular flexibility index (Phi) is 7.57. The number of sulfonamides is 1. The molecule has 0 spiro atoms. The molecular formula is C10H20N2O6S. The van der Waals surface area contributed by atoms with Gasteiger partial charge in [-0.2, -0.15) is 0 Å². The Bertz CT molecular complexity index is 408. The Balaban J connectivity index is 4.52. The van der Waals surface area contributed by atoms with Crippen molar-refractivity contribution in [1.82, 2.24) is 10.0 Å². The van der Waals surface area contributed by atoms with Gasteiger partial charge in [-0.1, -0.05) is 6.92 Å². The molecule has 0 aromatic carbocycles. The van der Waals surface area contributed by atoms with Gasteiger partial charge < -0.3 is 15.5 Å². The van der Waals surface area contributed by atoms with Crippen LogP contribution in [-0.4, -0.2) is 55.0 Å². The molecule has 0 fully saturated rings. The maximum Gasteiger partial charge on any atom is 0.326 e. The van der Waals surface area contributed by atoms with E-state index in [9.17, 15) is 18.0 Å². The third-order valence-corrected chi connectivity index (χ3v) is 3.91. The zero-order chi connectivity index (χ0) is 15.1. The molecule has 0 saturated carbocycles. The number of hydrogen-bond acceptors (Lipinski definition) is 5. The van der Waals surface area contributed by atoms with E-state index in [0.717, 1.165) is 0 Å². The Morgan fingerprint density at radius 1 is 1.32 bits per heavy atom. The van der Waals surface area contributed by atoms with Crippen molar-refractivity contribution < 1.29 is 28.2 Å². The molecule has 2 atom stereocenters. The van der Waals surface area contributed by atoms with Gasteiger partial charge in [0.1, 0.15) is 6.04 Å². The Labute approximate surface area is 112 Å². The van der Waals surface area contributed by atoms with Crippen LogP contribution < -0.4 is 10.0 Å². The van der Waals surface area contributed by atoms with Crippen LogP contribution in [0.3, 0.4) is 0 Å². The lowest BCUT2D eigenvalue weighted by Gasteiger charge is -2.18. The van der Waals surface area contributed by atoms with Gasteiger partial charge in [0.05, 0.1) is 11.8 Å². The standard InChI is InChI=1S/C10H20N2O6S/c1-3-6-19(17,18)12-7(2)9(14)11-8(4-5-13)10(15)16/h7-8,12-13H,3-6H2,1-2H3,(H,11,14)(H,15,16). The number of nitrogens with one attached hydrogen (secondary N) is 2. The second-order valence-electron chi connectivity index (χ2n) is 4.07. The highest BCUT2D eigenvalue weighted by Gasteiger charge is 2.24. The Hall–Kier alpha value is -1.19. The van der Waals surface area contributed by atoms with E-state index in [1.54, 1.807) is 6.92 Å². The monoisotopic (exact) mass is 296 g/mol. The summed E-state index contributed by atoms with van der Waals surface area (Å²) >= 11 is 0. The van der Waals surface area contributed by atoms with Crippen molar-refractivity contribution in [2.45, 2.75) is 38.8 Å². The van der Waals surface area contributed by atoms with E-state index in [1.165, 1.54) is 6.92 Å². The van der Waals surface area contributed by atoms with Crippen molar-refractivity contribution in [2.24, 2.45) is 0 Å². The summed E-state index contributed by atoms with van der Waals surface area (Å²) in [5.41, 5.74) is 0. The normalized spacial score (nSPS) is 14.7. The first-order chi connectivity index (χ1) is 8.73. The molecule has 9 heteroatoms. The van der Waals surface area contributed by atoms with E-state index >= 15 is 0 Å². The van der Waals surface area contributed by atoms with Gasteiger partial charge in [0.15, 0.2) is 0 Å². The lowest BCUT2D eigenvalue weighted by Crippen LogP contribution is -2.50. The van der Waals surface area contributed by atoms with Gasteiger partial charge in [-0.3, -0.25) is 4.79 Å². The molecule has 1 amide bonds. The summed E-state index contributed by atoms with van der Waals surface area (Å²) in [6, 6.07) is -2.31.